The molecule has 20 heavy (non-hydrogen) atoms. The van der Waals surface area contributed by atoms with Gasteiger partial charge in [-0.2, -0.15) is 0 Å². The lowest BCUT2D eigenvalue weighted by Gasteiger charge is -2.27. The molecule has 3 rings (SSSR count). The van der Waals surface area contributed by atoms with Crippen LogP contribution < -0.4 is 10.6 Å². The molecule has 0 saturated carbocycles. The highest BCUT2D eigenvalue weighted by Gasteiger charge is 2.08. The van der Waals surface area contributed by atoms with E-state index < -0.39 is 0 Å². The summed E-state index contributed by atoms with van der Waals surface area (Å²) in [5.41, 5.74) is 0.993. The Kier molecular flexibility index (Phi) is 4.40. The number of nitrogens with one attached hydrogen (secondary N) is 2. The molecule has 2 N–H and O–H groups in total. The van der Waals surface area contributed by atoms with Crippen LogP contribution >= 0.6 is 0 Å². The predicted molar refractivity (Wildman–Crippen MR) is 82.0 cm³/mol. The van der Waals surface area contributed by atoms with Crippen molar-refractivity contribution in [2.45, 2.75) is 6.42 Å². The van der Waals surface area contributed by atoms with Crippen molar-refractivity contribution >= 4 is 16.7 Å². The first-order valence-electron chi connectivity index (χ1n) is 7.30. The molecule has 0 bridgehead atoms. The summed E-state index contributed by atoms with van der Waals surface area (Å²) in [7, 11) is 0. The monoisotopic (exact) mass is 271 g/mol. The van der Waals surface area contributed by atoms with Crippen LogP contribution in [0.1, 0.15) is 6.42 Å². The van der Waals surface area contributed by atoms with Crippen LogP contribution in [0.5, 0.6) is 0 Å². The number of benzene rings is 1. The summed E-state index contributed by atoms with van der Waals surface area (Å²) in [5.74, 6) is 0.941. The highest BCUT2D eigenvalue weighted by atomic mass is 15.2. The topological polar surface area (TPSA) is 53.1 Å². The van der Waals surface area contributed by atoms with Crippen LogP contribution in [0.3, 0.4) is 0 Å². The van der Waals surface area contributed by atoms with E-state index in [4.69, 9.17) is 0 Å². The first-order valence-corrected chi connectivity index (χ1v) is 7.30. The molecule has 106 valence electrons. The van der Waals surface area contributed by atoms with Crippen molar-refractivity contribution in [1.29, 1.82) is 0 Å². The lowest BCUT2D eigenvalue weighted by Crippen LogP contribution is -2.44. The number of para-hydroxylation sites is 1. The van der Waals surface area contributed by atoms with Gasteiger partial charge in [0.2, 0.25) is 0 Å². The molecule has 2 aromatic rings. The summed E-state index contributed by atoms with van der Waals surface area (Å²) < 4.78 is 0. The number of hydrogen-bond donors (Lipinski definition) is 2. The normalized spacial score (nSPS) is 16.4. The third-order valence-electron chi connectivity index (χ3n) is 3.70. The molecule has 5 heteroatoms. The maximum absolute atomic E-state index is 4.35. The van der Waals surface area contributed by atoms with Gasteiger partial charge < -0.3 is 15.5 Å². The molecule has 0 amide bonds. The largest absolute Gasteiger partial charge is 0.369 e. The Morgan fingerprint density at radius 1 is 1.15 bits per heavy atom. The Labute approximate surface area is 119 Å². The quantitative estimate of drug-likeness (QED) is 0.804. The molecule has 1 aliphatic heterocycles. The fourth-order valence-electron chi connectivity index (χ4n) is 2.59. The molecule has 1 aromatic carbocycles. The average Bonchev–Trinajstić information content (AvgIpc) is 2.53. The van der Waals surface area contributed by atoms with Crippen LogP contribution in [0, 0.1) is 0 Å². The standard InChI is InChI=1S/C15H21N5/c1-2-5-14-13(4-1)15(19-12-18-14)17-6-3-9-20-10-7-16-8-11-20/h1-2,4-5,12,16H,3,6-11H2,(H,17,18,19). The van der Waals surface area contributed by atoms with E-state index in [2.05, 4.69) is 31.6 Å². The van der Waals surface area contributed by atoms with E-state index in [1.807, 2.05) is 18.2 Å². The Morgan fingerprint density at radius 2 is 2.00 bits per heavy atom. The SMILES string of the molecule is c1ccc2c(NCCCN3CCNCC3)ncnc2c1. The first-order chi connectivity index (χ1) is 9.93. The molecule has 1 fully saturated rings. The van der Waals surface area contributed by atoms with E-state index in [0.29, 0.717) is 0 Å². The Hall–Kier alpha value is -1.72. The Bertz CT molecular complexity index is 545. The maximum Gasteiger partial charge on any atom is 0.137 e. The van der Waals surface area contributed by atoms with Crippen LogP contribution in [0.2, 0.25) is 0 Å². The predicted octanol–water partition coefficient (Wildman–Crippen LogP) is 1.34. The number of fused-ring (bicyclic) bond motifs is 1. The molecule has 0 atom stereocenters. The fourth-order valence-corrected chi connectivity index (χ4v) is 2.59. The smallest absolute Gasteiger partial charge is 0.137 e. The molecule has 1 aromatic heterocycles. The molecule has 0 radical (unpaired) electrons. The van der Waals surface area contributed by atoms with Crippen LogP contribution in [-0.4, -0.2) is 54.1 Å². The van der Waals surface area contributed by atoms with Crippen molar-refractivity contribution in [3.8, 4) is 0 Å². The van der Waals surface area contributed by atoms with Crippen LogP contribution in [-0.2, 0) is 0 Å². The van der Waals surface area contributed by atoms with E-state index in [0.717, 1.165) is 62.4 Å². The van der Waals surface area contributed by atoms with E-state index >= 15 is 0 Å². The minimum Gasteiger partial charge on any atom is -0.369 e. The summed E-state index contributed by atoms with van der Waals surface area (Å²) in [6, 6.07) is 8.11. The summed E-state index contributed by atoms with van der Waals surface area (Å²) in [4.78, 5) is 11.1. The van der Waals surface area contributed by atoms with Gasteiger partial charge in [0.25, 0.3) is 0 Å². The second-order valence-corrected chi connectivity index (χ2v) is 5.11. The minimum atomic E-state index is 0.941. The molecule has 0 aliphatic carbocycles. The molecule has 0 unspecified atom stereocenters. The molecule has 2 heterocycles. The Balaban J connectivity index is 1.52. The summed E-state index contributed by atoms with van der Waals surface area (Å²) >= 11 is 0. The molecule has 0 spiro atoms. The van der Waals surface area contributed by atoms with Gasteiger partial charge in [0.15, 0.2) is 0 Å². The van der Waals surface area contributed by atoms with Crippen molar-refractivity contribution in [3.05, 3.63) is 30.6 Å². The summed E-state index contributed by atoms with van der Waals surface area (Å²) in [6.07, 6.45) is 2.76. The van der Waals surface area contributed by atoms with E-state index in [9.17, 15) is 0 Å². The lowest BCUT2D eigenvalue weighted by atomic mass is 10.2. The number of nitrogens with zero attached hydrogens (tertiary/aromatic N) is 3. The van der Waals surface area contributed by atoms with Crippen LogP contribution in [0.15, 0.2) is 30.6 Å². The van der Waals surface area contributed by atoms with Gasteiger partial charge in [-0.05, 0) is 25.1 Å². The number of rotatable bonds is 5. The molecular weight excluding hydrogens is 250 g/mol. The average molecular weight is 271 g/mol. The van der Waals surface area contributed by atoms with Gasteiger partial charge in [-0.25, -0.2) is 9.97 Å². The highest BCUT2D eigenvalue weighted by molar-refractivity contribution is 5.88. The number of piperazine rings is 1. The highest BCUT2D eigenvalue weighted by Crippen LogP contribution is 2.17. The third kappa shape index (κ3) is 3.23. The van der Waals surface area contributed by atoms with Gasteiger partial charge in [-0.15, -0.1) is 0 Å². The zero-order valence-corrected chi connectivity index (χ0v) is 11.7. The zero-order valence-electron chi connectivity index (χ0n) is 11.7. The summed E-state index contributed by atoms with van der Waals surface area (Å²) in [5, 5.41) is 7.91. The Morgan fingerprint density at radius 3 is 2.90 bits per heavy atom. The van der Waals surface area contributed by atoms with Crippen molar-refractivity contribution < 1.29 is 0 Å². The van der Waals surface area contributed by atoms with Crippen LogP contribution in [0.4, 0.5) is 5.82 Å². The van der Waals surface area contributed by atoms with Gasteiger partial charge in [0.1, 0.15) is 12.1 Å². The van der Waals surface area contributed by atoms with Gasteiger partial charge in [-0.3, -0.25) is 0 Å². The van der Waals surface area contributed by atoms with E-state index in [-0.39, 0.29) is 0 Å². The maximum atomic E-state index is 4.35. The van der Waals surface area contributed by atoms with Gasteiger partial charge in [-0.1, -0.05) is 12.1 Å². The number of anilines is 1. The molecule has 5 nitrogen and oxygen atoms in total. The second-order valence-electron chi connectivity index (χ2n) is 5.11. The van der Waals surface area contributed by atoms with E-state index in [1.54, 1.807) is 6.33 Å². The van der Waals surface area contributed by atoms with Crippen molar-refractivity contribution in [1.82, 2.24) is 20.2 Å². The zero-order chi connectivity index (χ0) is 13.6. The fraction of sp³-hybridized carbons (Fsp3) is 0.467. The molecule has 1 aliphatic rings. The second kappa shape index (κ2) is 6.63. The molecule has 1 saturated heterocycles. The van der Waals surface area contributed by atoms with Gasteiger partial charge >= 0.3 is 0 Å². The van der Waals surface area contributed by atoms with Crippen molar-refractivity contribution in [2.75, 3.05) is 44.6 Å². The molecular formula is C15H21N5. The first kappa shape index (κ1) is 13.3. The number of hydrogen-bond acceptors (Lipinski definition) is 5. The minimum absolute atomic E-state index is 0.941. The van der Waals surface area contributed by atoms with E-state index in [1.165, 1.54) is 0 Å². The van der Waals surface area contributed by atoms with Crippen molar-refractivity contribution in [2.24, 2.45) is 0 Å². The van der Waals surface area contributed by atoms with Crippen LogP contribution in [0.25, 0.3) is 10.9 Å². The third-order valence-corrected chi connectivity index (χ3v) is 3.70. The van der Waals surface area contributed by atoms with Gasteiger partial charge in [0.05, 0.1) is 5.52 Å². The van der Waals surface area contributed by atoms with Crippen molar-refractivity contribution in [3.63, 3.8) is 0 Å². The summed E-state index contributed by atoms with van der Waals surface area (Å²) in [6.45, 7) is 6.66. The lowest BCUT2D eigenvalue weighted by molar-refractivity contribution is 0.240. The van der Waals surface area contributed by atoms with Gasteiger partial charge in [0, 0.05) is 38.1 Å². The number of aromatic nitrogens is 2.